The monoisotopic (exact) mass is 470 g/mol. The van der Waals surface area contributed by atoms with Gasteiger partial charge in [-0.2, -0.15) is 0 Å². The molecule has 0 amide bonds. The van der Waals surface area contributed by atoms with Gasteiger partial charge < -0.3 is 40.6 Å². The lowest BCUT2D eigenvalue weighted by Gasteiger charge is -2.17. The summed E-state index contributed by atoms with van der Waals surface area (Å²) in [5.41, 5.74) is 1.93. The molecule has 1 fully saturated rings. The van der Waals surface area contributed by atoms with E-state index in [0.717, 1.165) is 5.52 Å². The maximum Gasteiger partial charge on any atom is 0.326 e. The Labute approximate surface area is 191 Å². The number of carboxylic acid groups (broad SMARTS) is 1. The predicted octanol–water partition coefficient (Wildman–Crippen LogP) is -0.268. The molecular formula is C21H22N6O7. The van der Waals surface area contributed by atoms with Crippen LogP contribution in [0.25, 0.3) is 22.1 Å². The zero-order valence-corrected chi connectivity index (χ0v) is 17.6. The highest BCUT2D eigenvalue weighted by Crippen LogP contribution is 2.32. The molecule has 13 heteroatoms. The number of aromatic amines is 1. The first-order valence-electron chi connectivity index (χ1n) is 10.5. The van der Waals surface area contributed by atoms with Crippen molar-refractivity contribution in [3.05, 3.63) is 42.6 Å². The second kappa shape index (κ2) is 8.53. The van der Waals surface area contributed by atoms with Crippen molar-refractivity contribution in [3.8, 4) is 5.75 Å². The van der Waals surface area contributed by atoms with Crippen molar-refractivity contribution in [1.82, 2.24) is 24.5 Å². The summed E-state index contributed by atoms with van der Waals surface area (Å²) in [7, 11) is 0. The summed E-state index contributed by atoms with van der Waals surface area (Å²) in [6.07, 6.45) is -0.313. The number of nitrogens with zero attached hydrogens (tertiary/aromatic N) is 4. The van der Waals surface area contributed by atoms with Gasteiger partial charge in [0.05, 0.1) is 12.9 Å². The van der Waals surface area contributed by atoms with E-state index < -0.39 is 43.2 Å². The number of phenols is 1. The van der Waals surface area contributed by atoms with Crippen LogP contribution in [0.2, 0.25) is 0 Å². The second-order valence-electron chi connectivity index (χ2n) is 8.06. The minimum Gasteiger partial charge on any atom is -0.508 e. The molecule has 0 radical (unpaired) electrons. The minimum absolute atomic E-state index is 0.0705. The number of aromatic nitrogens is 5. The Balaban J connectivity index is 1.44. The third kappa shape index (κ3) is 3.70. The summed E-state index contributed by atoms with van der Waals surface area (Å²) in [5, 5.41) is 52.9. The number of rotatable bonds is 7. The van der Waals surface area contributed by atoms with Crippen LogP contribution < -0.4 is 5.32 Å². The zero-order chi connectivity index (χ0) is 24.0. The number of nitrogens with one attached hydrogen (secondary N) is 2. The van der Waals surface area contributed by atoms with Gasteiger partial charge >= 0.3 is 5.97 Å². The molecule has 34 heavy (non-hydrogen) atoms. The number of phenolic OH excluding ortho intramolecular Hbond substituents is 1. The Morgan fingerprint density at radius 2 is 2.06 bits per heavy atom. The van der Waals surface area contributed by atoms with E-state index in [1.807, 2.05) is 0 Å². The Morgan fingerprint density at radius 3 is 2.79 bits per heavy atom. The molecule has 1 aliphatic rings. The molecule has 0 saturated carbocycles. The first kappa shape index (κ1) is 22.0. The van der Waals surface area contributed by atoms with Crippen LogP contribution in [0, 0.1) is 0 Å². The van der Waals surface area contributed by atoms with Gasteiger partial charge in [0.1, 0.15) is 36.4 Å². The third-order valence-electron chi connectivity index (χ3n) is 5.93. The molecule has 3 aromatic heterocycles. The van der Waals surface area contributed by atoms with E-state index >= 15 is 0 Å². The lowest BCUT2D eigenvalue weighted by atomic mass is 10.0. The SMILES string of the molecule is O=C(O)C(Cc1c[nH]c2ccc(O)cc12)Nc1ncnc2c1ncn2[C@@H]1O[C@H](CO)[C@H](O)C1O. The van der Waals surface area contributed by atoms with Crippen molar-refractivity contribution in [2.75, 3.05) is 11.9 Å². The van der Waals surface area contributed by atoms with Crippen LogP contribution in [0.15, 0.2) is 37.1 Å². The number of H-pyrrole nitrogens is 1. The maximum absolute atomic E-state index is 12.0. The lowest BCUT2D eigenvalue weighted by Crippen LogP contribution is -2.33. The summed E-state index contributed by atoms with van der Waals surface area (Å²) in [5.74, 6) is -0.893. The van der Waals surface area contributed by atoms with Crippen molar-refractivity contribution in [2.24, 2.45) is 0 Å². The highest BCUT2D eigenvalue weighted by Gasteiger charge is 2.44. The molecule has 0 aliphatic carbocycles. The van der Waals surface area contributed by atoms with Gasteiger partial charge in [0.15, 0.2) is 23.2 Å². The molecule has 178 valence electrons. The van der Waals surface area contributed by atoms with Crippen molar-refractivity contribution < 1.29 is 35.1 Å². The molecule has 2 unspecified atom stereocenters. The number of benzene rings is 1. The van der Waals surface area contributed by atoms with E-state index in [2.05, 4.69) is 25.3 Å². The number of fused-ring (bicyclic) bond motifs is 2. The van der Waals surface area contributed by atoms with Crippen LogP contribution in [0.5, 0.6) is 5.75 Å². The molecular weight excluding hydrogens is 448 g/mol. The molecule has 4 heterocycles. The smallest absolute Gasteiger partial charge is 0.326 e. The van der Waals surface area contributed by atoms with E-state index in [1.165, 1.54) is 23.3 Å². The molecule has 5 atom stereocenters. The van der Waals surface area contributed by atoms with Crippen molar-refractivity contribution in [2.45, 2.75) is 37.0 Å². The number of hydrogen-bond acceptors (Lipinski definition) is 10. The zero-order valence-electron chi connectivity index (χ0n) is 17.6. The van der Waals surface area contributed by atoms with Gasteiger partial charge in [0, 0.05) is 23.5 Å². The largest absolute Gasteiger partial charge is 0.508 e. The summed E-state index contributed by atoms with van der Waals surface area (Å²) in [4.78, 5) is 27.7. The number of aromatic hydroxyl groups is 1. The van der Waals surface area contributed by atoms with Crippen LogP contribution in [0.4, 0.5) is 5.82 Å². The highest BCUT2D eigenvalue weighted by molar-refractivity contribution is 5.88. The fourth-order valence-corrected chi connectivity index (χ4v) is 4.17. The van der Waals surface area contributed by atoms with Gasteiger partial charge in [-0.15, -0.1) is 0 Å². The standard InChI is InChI=1S/C21H22N6O7/c28-6-14-16(30)17(31)20(34-14)27-8-25-15-18(23-7-24-19(15)27)26-13(21(32)33)3-9-5-22-12-2-1-10(29)4-11(9)12/h1-2,4-5,7-8,13-14,16-17,20,22,28-31H,3,6H2,(H,32,33)(H,23,24,26)/t13?,14-,16+,17?,20-/m1/s1. The average Bonchev–Trinajstić information content (AvgIpc) is 3.50. The van der Waals surface area contributed by atoms with E-state index in [0.29, 0.717) is 10.9 Å². The van der Waals surface area contributed by atoms with Crippen LogP contribution in [0.3, 0.4) is 0 Å². The second-order valence-corrected chi connectivity index (χ2v) is 8.06. The topological polar surface area (TPSA) is 199 Å². The fraction of sp³-hybridized carbons (Fsp3) is 0.333. The van der Waals surface area contributed by atoms with Gasteiger partial charge in [0.2, 0.25) is 0 Å². The Bertz CT molecular complexity index is 1350. The highest BCUT2D eigenvalue weighted by atomic mass is 16.6. The number of carbonyl (C=O) groups is 1. The quantitative estimate of drug-likeness (QED) is 0.188. The lowest BCUT2D eigenvalue weighted by molar-refractivity contribution is -0.137. The van der Waals surface area contributed by atoms with Gasteiger partial charge in [-0.3, -0.25) is 4.57 Å². The van der Waals surface area contributed by atoms with Crippen LogP contribution in [-0.4, -0.2) is 87.0 Å². The summed E-state index contributed by atoms with van der Waals surface area (Å²) in [6, 6.07) is 3.72. The van der Waals surface area contributed by atoms with E-state index in [4.69, 9.17) is 4.74 Å². The number of aliphatic carboxylic acids is 1. The summed E-state index contributed by atoms with van der Waals surface area (Å²) < 4.78 is 6.93. The van der Waals surface area contributed by atoms with Gasteiger partial charge in [-0.25, -0.2) is 19.7 Å². The Morgan fingerprint density at radius 1 is 1.24 bits per heavy atom. The number of ether oxygens (including phenoxy) is 1. The van der Waals surface area contributed by atoms with Crippen molar-refractivity contribution >= 4 is 33.9 Å². The van der Waals surface area contributed by atoms with Gasteiger partial charge in [0.25, 0.3) is 0 Å². The summed E-state index contributed by atoms with van der Waals surface area (Å²) >= 11 is 0. The molecule has 0 spiro atoms. The van der Waals surface area contributed by atoms with E-state index in [-0.39, 0.29) is 29.2 Å². The van der Waals surface area contributed by atoms with Crippen LogP contribution in [0.1, 0.15) is 11.8 Å². The molecule has 7 N–H and O–H groups in total. The Hall–Kier alpha value is -3.78. The molecule has 4 aromatic rings. The van der Waals surface area contributed by atoms with Gasteiger partial charge in [-0.05, 0) is 23.8 Å². The van der Waals surface area contributed by atoms with Crippen LogP contribution in [-0.2, 0) is 16.0 Å². The van der Waals surface area contributed by atoms with E-state index in [9.17, 15) is 30.3 Å². The normalized spacial score (nSPS) is 23.5. The number of hydrogen-bond donors (Lipinski definition) is 7. The molecule has 0 bridgehead atoms. The number of aliphatic hydroxyl groups excluding tert-OH is 3. The first-order valence-corrected chi connectivity index (χ1v) is 10.5. The van der Waals surface area contributed by atoms with E-state index in [1.54, 1.807) is 18.3 Å². The third-order valence-corrected chi connectivity index (χ3v) is 5.93. The fourth-order valence-electron chi connectivity index (χ4n) is 4.17. The number of imidazole rings is 1. The van der Waals surface area contributed by atoms with Crippen molar-refractivity contribution in [3.63, 3.8) is 0 Å². The predicted molar refractivity (Wildman–Crippen MR) is 117 cm³/mol. The summed E-state index contributed by atoms with van der Waals surface area (Å²) in [6.45, 7) is -0.477. The average molecular weight is 470 g/mol. The Kier molecular flexibility index (Phi) is 5.53. The molecule has 1 aromatic carbocycles. The molecule has 5 rings (SSSR count). The molecule has 13 nitrogen and oxygen atoms in total. The molecule has 1 aliphatic heterocycles. The number of carboxylic acids is 1. The minimum atomic E-state index is -1.33. The van der Waals surface area contributed by atoms with Gasteiger partial charge in [-0.1, -0.05) is 0 Å². The number of anilines is 1. The van der Waals surface area contributed by atoms with Crippen molar-refractivity contribution in [1.29, 1.82) is 0 Å². The first-order chi connectivity index (χ1) is 16.4. The maximum atomic E-state index is 12.0. The molecule has 1 saturated heterocycles. The number of aliphatic hydroxyl groups is 3. The van der Waals surface area contributed by atoms with Crippen LogP contribution >= 0.6 is 0 Å².